The van der Waals surface area contributed by atoms with E-state index in [2.05, 4.69) is 5.32 Å². The third kappa shape index (κ3) is 4.11. The number of amides is 1. The summed E-state index contributed by atoms with van der Waals surface area (Å²) in [5, 5.41) is 13.5. The normalized spacial score (nSPS) is 14.2. The Labute approximate surface area is 151 Å². The van der Waals surface area contributed by atoms with Gasteiger partial charge in [-0.1, -0.05) is 24.3 Å². The molecule has 7 heteroatoms. The fourth-order valence-corrected chi connectivity index (χ4v) is 2.88. The first kappa shape index (κ1) is 17.7. The van der Waals surface area contributed by atoms with E-state index in [0.29, 0.717) is 17.1 Å². The second kappa shape index (κ2) is 7.03. The SMILES string of the molecule is CC1(C)Cc2cccc(OCC(=O)NCc3cccc([N+](=O)[O-])c3)c2O1. The zero-order valence-corrected chi connectivity index (χ0v) is 14.7. The van der Waals surface area contributed by atoms with E-state index >= 15 is 0 Å². The number of ether oxygens (including phenoxy) is 2. The summed E-state index contributed by atoms with van der Waals surface area (Å²) < 4.78 is 11.5. The summed E-state index contributed by atoms with van der Waals surface area (Å²) in [6.07, 6.45) is 0.790. The van der Waals surface area contributed by atoms with E-state index < -0.39 is 4.92 Å². The second-order valence-corrected chi connectivity index (χ2v) is 6.78. The monoisotopic (exact) mass is 356 g/mol. The Morgan fingerprint density at radius 1 is 1.31 bits per heavy atom. The fourth-order valence-electron chi connectivity index (χ4n) is 2.88. The van der Waals surface area contributed by atoms with Gasteiger partial charge in [0.25, 0.3) is 11.6 Å². The highest BCUT2D eigenvalue weighted by Gasteiger charge is 2.32. The van der Waals surface area contributed by atoms with Crippen LogP contribution in [0.3, 0.4) is 0 Å². The molecule has 0 atom stereocenters. The number of nitro benzene ring substituents is 1. The van der Waals surface area contributed by atoms with Gasteiger partial charge in [0.05, 0.1) is 4.92 Å². The number of nitrogens with one attached hydrogen (secondary N) is 1. The lowest BCUT2D eigenvalue weighted by Crippen LogP contribution is -2.28. The molecule has 0 aromatic heterocycles. The number of para-hydroxylation sites is 1. The molecule has 3 rings (SSSR count). The molecule has 1 N–H and O–H groups in total. The first-order valence-corrected chi connectivity index (χ1v) is 8.28. The number of benzene rings is 2. The van der Waals surface area contributed by atoms with Crippen LogP contribution in [0.5, 0.6) is 11.5 Å². The smallest absolute Gasteiger partial charge is 0.269 e. The summed E-state index contributed by atoms with van der Waals surface area (Å²) in [4.78, 5) is 22.3. The van der Waals surface area contributed by atoms with Crippen LogP contribution in [0.1, 0.15) is 25.0 Å². The lowest BCUT2D eigenvalue weighted by Gasteiger charge is -2.18. The molecular formula is C19H20N2O5. The van der Waals surface area contributed by atoms with Crippen LogP contribution < -0.4 is 14.8 Å². The zero-order chi connectivity index (χ0) is 18.7. The lowest BCUT2D eigenvalue weighted by molar-refractivity contribution is -0.384. The number of non-ortho nitro benzene ring substituents is 1. The Morgan fingerprint density at radius 3 is 2.85 bits per heavy atom. The second-order valence-electron chi connectivity index (χ2n) is 6.78. The third-order valence-electron chi connectivity index (χ3n) is 4.02. The van der Waals surface area contributed by atoms with E-state index in [1.807, 2.05) is 26.0 Å². The molecule has 2 aromatic rings. The molecular weight excluding hydrogens is 336 g/mol. The number of nitrogens with zero attached hydrogens (tertiary/aromatic N) is 1. The van der Waals surface area contributed by atoms with Gasteiger partial charge in [0, 0.05) is 30.7 Å². The van der Waals surface area contributed by atoms with E-state index in [0.717, 1.165) is 12.0 Å². The van der Waals surface area contributed by atoms with Gasteiger partial charge in [-0.25, -0.2) is 0 Å². The predicted molar refractivity (Wildman–Crippen MR) is 95.3 cm³/mol. The molecule has 0 saturated heterocycles. The average molecular weight is 356 g/mol. The number of hydrogen-bond acceptors (Lipinski definition) is 5. The van der Waals surface area contributed by atoms with Crippen molar-refractivity contribution < 1.29 is 19.2 Å². The Bertz CT molecular complexity index is 848. The summed E-state index contributed by atoms with van der Waals surface area (Å²) in [6, 6.07) is 11.8. The summed E-state index contributed by atoms with van der Waals surface area (Å²) in [6.45, 7) is 4.04. The van der Waals surface area contributed by atoms with E-state index in [1.165, 1.54) is 12.1 Å². The van der Waals surface area contributed by atoms with Crippen LogP contribution in [0.2, 0.25) is 0 Å². The Hall–Kier alpha value is -3.09. The maximum atomic E-state index is 12.0. The van der Waals surface area contributed by atoms with E-state index in [4.69, 9.17) is 9.47 Å². The number of hydrogen-bond donors (Lipinski definition) is 1. The zero-order valence-electron chi connectivity index (χ0n) is 14.7. The maximum Gasteiger partial charge on any atom is 0.269 e. The fraction of sp³-hybridized carbons (Fsp3) is 0.316. The number of carbonyl (C=O) groups excluding carboxylic acids is 1. The largest absolute Gasteiger partial charge is 0.483 e. The lowest BCUT2D eigenvalue weighted by atomic mass is 10.0. The highest BCUT2D eigenvalue weighted by atomic mass is 16.6. The molecule has 7 nitrogen and oxygen atoms in total. The third-order valence-corrected chi connectivity index (χ3v) is 4.02. The molecule has 26 heavy (non-hydrogen) atoms. The van der Waals surface area contributed by atoms with Gasteiger partial charge >= 0.3 is 0 Å². The predicted octanol–water partition coefficient (Wildman–Crippen LogP) is 3.00. The Morgan fingerprint density at radius 2 is 2.08 bits per heavy atom. The molecule has 1 aliphatic heterocycles. The molecule has 1 aliphatic rings. The summed E-state index contributed by atoms with van der Waals surface area (Å²) >= 11 is 0. The van der Waals surface area contributed by atoms with Gasteiger partial charge in [-0.15, -0.1) is 0 Å². The van der Waals surface area contributed by atoms with Crippen molar-refractivity contribution in [2.75, 3.05) is 6.61 Å². The van der Waals surface area contributed by atoms with Gasteiger partial charge in [-0.2, -0.15) is 0 Å². The number of carbonyl (C=O) groups is 1. The molecule has 0 bridgehead atoms. The van der Waals surface area contributed by atoms with Gasteiger partial charge in [0.1, 0.15) is 5.60 Å². The molecule has 0 radical (unpaired) electrons. The van der Waals surface area contributed by atoms with Gasteiger partial charge in [-0.05, 0) is 25.5 Å². The number of fused-ring (bicyclic) bond motifs is 1. The van der Waals surface area contributed by atoms with Crippen molar-refractivity contribution in [2.45, 2.75) is 32.4 Å². The molecule has 0 fully saturated rings. The van der Waals surface area contributed by atoms with Crippen molar-refractivity contribution in [1.29, 1.82) is 0 Å². The molecule has 0 unspecified atom stereocenters. The molecule has 1 amide bonds. The number of rotatable bonds is 6. The first-order chi connectivity index (χ1) is 12.3. The average Bonchev–Trinajstić information content (AvgIpc) is 2.92. The maximum absolute atomic E-state index is 12.0. The topological polar surface area (TPSA) is 90.7 Å². The summed E-state index contributed by atoms with van der Waals surface area (Å²) in [7, 11) is 0. The Balaban J connectivity index is 1.55. The standard InChI is InChI=1S/C19H20N2O5/c1-19(2)10-14-6-4-8-16(18(14)26-19)25-12-17(22)20-11-13-5-3-7-15(9-13)21(23)24/h3-9H,10-12H2,1-2H3,(H,20,22). The highest BCUT2D eigenvalue weighted by molar-refractivity contribution is 5.77. The molecule has 0 aliphatic carbocycles. The molecule has 2 aromatic carbocycles. The van der Waals surface area contributed by atoms with Crippen molar-refractivity contribution in [2.24, 2.45) is 0 Å². The highest BCUT2D eigenvalue weighted by Crippen LogP contribution is 2.41. The Kier molecular flexibility index (Phi) is 4.79. The van der Waals surface area contributed by atoms with Crippen LogP contribution in [0.4, 0.5) is 5.69 Å². The molecule has 1 heterocycles. The molecule has 0 spiro atoms. The quantitative estimate of drug-likeness (QED) is 0.635. The van der Waals surface area contributed by atoms with Gasteiger partial charge in [0.15, 0.2) is 18.1 Å². The first-order valence-electron chi connectivity index (χ1n) is 8.28. The van der Waals surface area contributed by atoms with E-state index in [1.54, 1.807) is 18.2 Å². The van der Waals surface area contributed by atoms with E-state index in [-0.39, 0.29) is 30.3 Å². The van der Waals surface area contributed by atoms with Crippen LogP contribution in [-0.4, -0.2) is 23.0 Å². The van der Waals surface area contributed by atoms with Gasteiger partial charge < -0.3 is 14.8 Å². The number of nitro groups is 1. The minimum Gasteiger partial charge on any atom is -0.483 e. The van der Waals surface area contributed by atoms with Crippen LogP contribution >= 0.6 is 0 Å². The van der Waals surface area contributed by atoms with Gasteiger partial charge in [0.2, 0.25) is 0 Å². The van der Waals surface area contributed by atoms with Crippen molar-refractivity contribution in [3.63, 3.8) is 0 Å². The van der Waals surface area contributed by atoms with Gasteiger partial charge in [-0.3, -0.25) is 14.9 Å². The van der Waals surface area contributed by atoms with Crippen LogP contribution in [0.15, 0.2) is 42.5 Å². The van der Waals surface area contributed by atoms with Crippen LogP contribution in [0, 0.1) is 10.1 Å². The van der Waals surface area contributed by atoms with Crippen molar-refractivity contribution in [3.8, 4) is 11.5 Å². The van der Waals surface area contributed by atoms with Crippen molar-refractivity contribution >= 4 is 11.6 Å². The minimum absolute atomic E-state index is 0.00684. The minimum atomic E-state index is -0.466. The van der Waals surface area contributed by atoms with Crippen molar-refractivity contribution in [3.05, 3.63) is 63.7 Å². The summed E-state index contributed by atoms with van der Waals surface area (Å²) in [5.74, 6) is 0.911. The van der Waals surface area contributed by atoms with Crippen LogP contribution in [-0.2, 0) is 17.8 Å². The molecule has 136 valence electrons. The van der Waals surface area contributed by atoms with Crippen molar-refractivity contribution in [1.82, 2.24) is 5.32 Å². The summed E-state index contributed by atoms with van der Waals surface area (Å²) in [5.41, 5.74) is 1.42. The van der Waals surface area contributed by atoms with Crippen LogP contribution in [0.25, 0.3) is 0 Å². The molecule has 0 saturated carbocycles. The van der Waals surface area contributed by atoms with E-state index in [9.17, 15) is 14.9 Å².